The number of piperidine rings is 1. The lowest BCUT2D eigenvalue weighted by Gasteiger charge is -2.36. The number of likely N-dealkylation sites (tertiary alicyclic amines) is 1. The monoisotopic (exact) mass is 563 g/mol. The fraction of sp³-hybridized carbons (Fsp3) is 0.609. The highest BCUT2D eigenvalue weighted by atomic mass is 19.4. The van der Waals surface area contributed by atoms with Crippen LogP contribution in [-0.4, -0.2) is 75.4 Å². The van der Waals surface area contributed by atoms with Crippen molar-refractivity contribution in [2.24, 2.45) is 5.92 Å². The van der Waals surface area contributed by atoms with Crippen LogP contribution in [0.3, 0.4) is 0 Å². The van der Waals surface area contributed by atoms with Gasteiger partial charge in [-0.3, -0.25) is 9.59 Å². The van der Waals surface area contributed by atoms with E-state index in [9.17, 15) is 35.9 Å². The molecule has 0 saturated carbocycles. The average Bonchev–Trinajstić information content (AvgIpc) is 3.14. The fourth-order valence-electron chi connectivity index (χ4n) is 4.82. The third-order valence-electron chi connectivity index (χ3n) is 6.75. The summed E-state index contributed by atoms with van der Waals surface area (Å²) in [7, 11) is 0. The Balaban J connectivity index is 1.30. The van der Waals surface area contributed by atoms with Crippen LogP contribution in [0.25, 0.3) is 0 Å². The molecule has 2 aromatic heterocycles. The predicted molar refractivity (Wildman–Crippen MR) is 126 cm³/mol. The van der Waals surface area contributed by atoms with Gasteiger partial charge in [0.05, 0.1) is 24.1 Å². The summed E-state index contributed by atoms with van der Waals surface area (Å²) in [6.45, 7) is 4.64. The molecule has 2 aromatic rings. The molecule has 4 rings (SSSR count). The summed E-state index contributed by atoms with van der Waals surface area (Å²) >= 11 is 0. The van der Waals surface area contributed by atoms with Gasteiger partial charge < -0.3 is 19.9 Å². The van der Waals surface area contributed by atoms with Crippen LogP contribution in [0.1, 0.15) is 37.8 Å². The van der Waals surface area contributed by atoms with E-state index in [4.69, 9.17) is 4.74 Å². The highest BCUT2D eigenvalue weighted by Gasteiger charge is 2.43. The smallest absolute Gasteiger partial charge is 0.378 e. The lowest BCUT2D eigenvalue weighted by Crippen LogP contribution is -2.47. The molecule has 214 valence electrons. The van der Waals surface area contributed by atoms with E-state index in [1.807, 2.05) is 6.92 Å². The lowest BCUT2D eigenvalue weighted by atomic mass is 10.0. The topological polar surface area (TPSA) is 116 Å². The SMILES string of the molecule is C[C@@H]1CN(C2CCN(c3ncc(C(F)(F)F)cn3)CC2)C(=O)[C@H]1OC[C@H](C)Nc1cn[nH]c(=O)c1C(F)(F)F. The Morgan fingerprint density at radius 3 is 2.31 bits per heavy atom. The lowest BCUT2D eigenvalue weighted by molar-refractivity contribution is -0.140. The number of nitrogens with zero attached hydrogens (tertiary/aromatic N) is 5. The average molecular weight is 564 g/mol. The number of anilines is 2. The number of nitrogens with one attached hydrogen (secondary N) is 2. The number of carbonyl (C=O) groups is 1. The van der Waals surface area contributed by atoms with Gasteiger partial charge in [-0.05, 0) is 19.8 Å². The van der Waals surface area contributed by atoms with Crippen molar-refractivity contribution in [1.29, 1.82) is 0 Å². The first-order chi connectivity index (χ1) is 18.3. The van der Waals surface area contributed by atoms with Crippen LogP contribution >= 0.6 is 0 Å². The zero-order valence-electron chi connectivity index (χ0n) is 21.0. The normalized spacial score (nSPS) is 21.9. The van der Waals surface area contributed by atoms with Crippen molar-refractivity contribution in [2.75, 3.05) is 36.5 Å². The Morgan fingerprint density at radius 2 is 1.72 bits per heavy atom. The molecule has 16 heteroatoms. The molecule has 2 fully saturated rings. The molecule has 3 atom stereocenters. The number of halogens is 6. The summed E-state index contributed by atoms with van der Waals surface area (Å²) in [6.07, 6.45) is -6.72. The number of hydrogen-bond donors (Lipinski definition) is 2. The fourth-order valence-corrected chi connectivity index (χ4v) is 4.82. The number of amides is 1. The van der Waals surface area contributed by atoms with Gasteiger partial charge in [0.15, 0.2) is 0 Å². The molecule has 2 N–H and O–H groups in total. The zero-order chi connectivity index (χ0) is 28.5. The molecule has 0 radical (unpaired) electrons. The molecule has 1 amide bonds. The summed E-state index contributed by atoms with van der Waals surface area (Å²) in [5.74, 6) is -0.213. The number of hydrogen-bond acceptors (Lipinski definition) is 8. The minimum atomic E-state index is -4.88. The van der Waals surface area contributed by atoms with Crippen LogP contribution in [0.4, 0.5) is 38.0 Å². The van der Waals surface area contributed by atoms with Crippen molar-refractivity contribution in [1.82, 2.24) is 25.1 Å². The van der Waals surface area contributed by atoms with Gasteiger partial charge in [0.25, 0.3) is 11.5 Å². The molecule has 2 aliphatic heterocycles. The van der Waals surface area contributed by atoms with Crippen molar-refractivity contribution in [3.63, 3.8) is 0 Å². The standard InChI is InChI=1S/C23H27F6N7O3/c1-12-10-36(15-3-5-35(6-4-15)21-30-7-14(8-31-21)22(24,25)26)20(38)18(12)39-11-13(2)33-16-9-32-34-19(37)17(16)23(27,28)29/h7-9,12-13,15,18H,3-6,10-11H2,1-2H3,(H2,33,34,37)/t12-,13+,18+/m1/s1. The number of alkyl halides is 6. The van der Waals surface area contributed by atoms with Crippen molar-refractivity contribution < 1.29 is 35.9 Å². The molecule has 0 bridgehead atoms. The van der Waals surface area contributed by atoms with E-state index in [0.717, 1.165) is 18.6 Å². The molecule has 0 unspecified atom stereocenters. The molecular formula is C23H27F6N7O3. The zero-order valence-corrected chi connectivity index (χ0v) is 21.0. The van der Waals surface area contributed by atoms with E-state index < -0.39 is 46.9 Å². The van der Waals surface area contributed by atoms with Crippen LogP contribution in [0.15, 0.2) is 23.4 Å². The molecule has 4 heterocycles. The third kappa shape index (κ3) is 6.42. The summed E-state index contributed by atoms with van der Waals surface area (Å²) in [4.78, 5) is 35.9. The first-order valence-electron chi connectivity index (χ1n) is 12.2. The van der Waals surface area contributed by atoms with Crippen LogP contribution < -0.4 is 15.8 Å². The Hall–Kier alpha value is -3.43. The highest BCUT2D eigenvalue weighted by Crippen LogP contribution is 2.33. The first kappa shape index (κ1) is 28.6. The second-order valence-electron chi connectivity index (χ2n) is 9.74. The Morgan fingerprint density at radius 1 is 1.08 bits per heavy atom. The Labute approximate surface area is 218 Å². The van der Waals surface area contributed by atoms with Gasteiger partial charge in [-0.2, -0.15) is 31.4 Å². The second kappa shape index (κ2) is 11.0. The van der Waals surface area contributed by atoms with E-state index >= 15 is 0 Å². The van der Waals surface area contributed by atoms with Gasteiger partial charge in [-0.1, -0.05) is 6.92 Å². The molecule has 0 spiro atoms. The maximum Gasteiger partial charge on any atom is 0.423 e. The highest BCUT2D eigenvalue weighted by molar-refractivity contribution is 5.84. The molecule has 39 heavy (non-hydrogen) atoms. The summed E-state index contributed by atoms with van der Waals surface area (Å²) in [5.41, 5.74) is -4.18. The molecule has 10 nitrogen and oxygen atoms in total. The molecule has 0 aromatic carbocycles. The van der Waals surface area contributed by atoms with Crippen molar-refractivity contribution in [3.05, 3.63) is 40.1 Å². The van der Waals surface area contributed by atoms with Gasteiger partial charge in [-0.15, -0.1) is 0 Å². The van der Waals surface area contributed by atoms with Crippen molar-refractivity contribution in [2.45, 2.75) is 57.2 Å². The van der Waals surface area contributed by atoms with Gasteiger partial charge in [0.1, 0.15) is 11.7 Å². The number of aromatic nitrogens is 4. The minimum absolute atomic E-state index is 0.0949. The number of ether oxygens (including phenoxy) is 1. The Bertz CT molecular complexity index is 1210. The minimum Gasteiger partial charge on any atom is -0.378 e. The van der Waals surface area contributed by atoms with Crippen LogP contribution in [0.2, 0.25) is 0 Å². The molecule has 0 aliphatic carbocycles. The maximum atomic E-state index is 13.3. The largest absolute Gasteiger partial charge is 0.423 e. The number of carbonyl (C=O) groups excluding carboxylic acids is 1. The second-order valence-corrected chi connectivity index (χ2v) is 9.74. The van der Waals surface area contributed by atoms with Crippen molar-refractivity contribution >= 4 is 17.5 Å². The van der Waals surface area contributed by atoms with E-state index in [0.29, 0.717) is 32.5 Å². The first-order valence-corrected chi connectivity index (χ1v) is 12.2. The number of H-pyrrole nitrogens is 1. The van der Waals surface area contributed by atoms with Gasteiger partial charge in [-0.25, -0.2) is 15.1 Å². The number of aromatic amines is 1. The van der Waals surface area contributed by atoms with E-state index in [2.05, 4.69) is 20.4 Å². The third-order valence-corrected chi connectivity index (χ3v) is 6.75. The summed E-state index contributed by atoms with van der Waals surface area (Å²) < 4.78 is 83.9. The van der Waals surface area contributed by atoms with Crippen LogP contribution in [0, 0.1) is 5.92 Å². The van der Waals surface area contributed by atoms with Crippen LogP contribution in [-0.2, 0) is 21.9 Å². The quantitative estimate of drug-likeness (QED) is 0.495. The number of rotatable bonds is 7. The van der Waals surface area contributed by atoms with Gasteiger partial charge in [0, 0.05) is 50.0 Å². The van der Waals surface area contributed by atoms with Gasteiger partial charge in [0.2, 0.25) is 5.95 Å². The predicted octanol–water partition coefficient (Wildman–Crippen LogP) is 2.93. The molecular weight excluding hydrogens is 536 g/mol. The van der Waals surface area contributed by atoms with Gasteiger partial charge >= 0.3 is 12.4 Å². The maximum absolute atomic E-state index is 13.3. The van der Waals surface area contributed by atoms with E-state index in [1.165, 1.54) is 0 Å². The summed E-state index contributed by atoms with van der Waals surface area (Å²) in [6, 6.07) is -0.776. The molecule has 2 saturated heterocycles. The summed E-state index contributed by atoms with van der Waals surface area (Å²) in [5, 5.41) is 7.77. The van der Waals surface area contributed by atoms with Crippen LogP contribution in [0.5, 0.6) is 0 Å². The van der Waals surface area contributed by atoms with Crippen molar-refractivity contribution in [3.8, 4) is 0 Å². The Kier molecular flexibility index (Phi) is 8.04. The van der Waals surface area contributed by atoms with E-state index in [1.54, 1.807) is 21.8 Å². The molecule has 2 aliphatic rings. The van der Waals surface area contributed by atoms with E-state index in [-0.39, 0.29) is 30.4 Å².